The summed E-state index contributed by atoms with van der Waals surface area (Å²) in [5.41, 5.74) is -1.10. The molecule has 31 heavy (non-hydrogen) atoms. The average molecular weight is 498 g/mol. The molecule has 4 nitrogen and oxygen atoms in total. The number of thiol groups is 1. The van der Waals surface area contributed by atoms with Crippen LogP contribution in [0.15, 0.2) is 36.4 Å². The van der Waals surface area contributed by atoms with Crippen LogP contribution in [-0.2, 0) is 12.8 Å². The van der Waals surface area contributed by atoms with E-state index in [-0.39, 0.29) is 40.8 Å². The number of nitrogens with one attached hydrogen (secondary N) is 1. The number of halogens is 5. The van der Waals surface area contributed by atoms with Crippen molar-refractivity contribution in [3.63, 3.8) is 0 Å². The number of carbonyl (C=O) groups is 1. The SMILES string of the molecule is CC.O=C(NCCSO)c1cccc(COc2ccc(C(F)(F)F)cc2Cl)c1F.[B]S. The van der Waals surface area contributed by atoms with Crippen LogP contribution in [0.25, 0.3) is 0 Å². The quantitative estimate of drug-likeness (QED) is 0.144. The minimum atomic E-state index is -4.54. The summed E-state index contributed by atoms with van der Waals surface area (Å²) in [7, 11) is 4.19. The van der Waals surface area contributed by atoms with Gasteiger partial charge in [0.2, 0.25) is 0 Å². The first-order chi connectivity index (χ1) is 14.7. The van der Waals surface area contributed by atoms with Crippen molar-refractivity contribution in [2.24, 2.45) is 0 Å². The number of ether oxygens (including phenoxy) is 1. The first-order valence-corrected chi connectivity index (χ1v) is 10.6. The molecule has 0 fully saturated rings. The second-order valence-electron chi connectivity index (χ2n) is 5.30. The molecule has 2 N–H and O–H groups in total. The van der Waals surface area contributed by atoms with Gasteiger partial charge in [-0.1, -0.05) is 37.6 Å². The Morgan fingerprint density at radius 2 is 1.90 bits per heavy atom. The molecule has 12 heteroatoms. The van der Waals surface area contributed by atoms with Crippen LogP contribution in [-0.4, -0.2) is 29.9 Å². The normalized spacial score (nSPS) is 10.2. The molecule has 0 atom stereocenters. The predicted octanol–water partition coefficient (Wildman–Crippen LogP) is 6.04. The Kier molecular flexibility index (Phi) is 14.5. The summed E-state index contributed by atoms with van der Waals surface area (Å²) < 4.78 is 66.3. The van der Waals surface area contributed by atoms with Gasteiger partial charge in [-0.15, -0.1) is 0 Å². The molecule has 170 valence electrons. The molecule has 0 aromatic heterocycles. The lowest BCUT2D eigenvalue weighted by Crippen LogP contribution is -2.27. The maximum absolute atomic E-state index is 14.5. The van der Waals surface area contributed by atoms with Gasteiger partial charge in [-0.05, 0) is 36.3 Å². The Labute approximate surface area is 194 Å². The third-order valence-electron chi connectivity index (χ3n) is 3.44. The predicted molar refractivity (Wildman–Crippen MR) is 121 cm³/mol. The topological polar surface area (TPSA) is 58.6 Å². The van der Waals surface area contributed by atoms with Crippen LogP contribution in [0.4, 0.5) is 17.6 Å². The summed E-state index contributed by atoms with van der Waals surface area (Å²) in [6, 6.07) is 6.69. The van der Waals surface area contributed by atoms with Gasteiger partial charge < -0.3 is 14.6 Å². The Bertz CT molecular complexity index is 829. The highest BCUT2D eigenvalue weighted by Crippen LogP contribution is 2.35. The number of rotatable bonds is 7. The van der Waals surface area contributed by atoms with Crippen LogP contribution < -0.4 is 10.1 Å². The summed E-state index contributed by atoms with van der Waals surface area (Å²) in [6.07, 6.45) is -4.54. The van der Waals surface area contributed by atoms with Crippen LogP contribution >= 0.6 is 36.1 Å². The van der Waals surface area contributed by atoms with Crippen molar-refractivity contribution >= 4 is 49.2 Å². The molecule has 0 aliphatic rings. The number of hydrogen-bond acceptors (Lipinski definition) is 5. The van der Waals surface area contributed by atoms with E-state index in [2.05, 4.69) is 24.9 Å². The van der Waals surface area contributed by atoms with Crippen molar-refractivity contribution in [2.45, 2.75) is 26.6 Å². The summed E-state index contributed by atoms with van der Waals surface area (Å²) in [6.45, 7) is 3.83. The molecule has 0 heterocycles. The number of amides is 1. The summed E-state index contributed by atoms with van der Waals surface area (Å²) in [5, 5.41) is 2.18. The Morgan fingerprint density at radius 3 is 2.45 bits per heavy atom. The fraction of sp³-hybridized carbons (Fsp3) is 0.316. The lowest BCUT2D eigenvalue weighted by Gasteiger charge is -2.13. The molecule has 2 radical (unpaired) electrons. The van der Waals surface area contributed by atoms with Crippen molar-refractivity contribution in [1.82, 2.24) is 5.32 Å². The van der Waals surface area contributed by atoms with Gasteiger partial charge in [0, 0.05) is 17.9 Å². The molecular weight excluding hydrogens is 477 g/mol. The fourth-order valence-electron chi connectivity index (χ4n) is 2.12. The highest BCUT2D eigenvalue weighted by atomic mass is 35.5. The maximum atomic E-state index is 14.5. The number of carbonyl (C=O) groups excluding carboxylic acids is 1. The van der Waals surface area contributed by atoms with Crippen molar-refractivity contribution in [1.29, 1.82) is 0 Å². The summed E-state index contributed by atoms with van der Waals surface area (Å²) in [4.78, 5) is 11.9. The van der Waals surface area contributed by atoms with Crippen molar-refractivity contribution < 1.29 is 31.6 Å². The van der Waals surface area contributed by atoms with Crippen LogP contribution in [0.5, 0.6) is 5.75 Å². The lowest BCUT2D eigenvalue weighted by atomic mass is 10.1. The van der Waals surface area contributed by atoms with Crippen molar-refractivity contribution in [3.05, 3.63) is 63.9 Å². The molecule has 1 amide bonds. The first kappa shape index (κ1) is 29.4. The second kappa shape index (κ2) is 15.3. The van der Waals surface area contributed by atoms with Crippen LogP contribution in [0.3, 0.4) is 0 Å². The van der Waals surface area contributed by atoms with Gasteiger partial charge in [-0.25, -0.2) is 16.9 Å². The van der Waals surface area contributed by atoms with Gasteiger partial charge in [0.15, 0.2) is 7.12 Å². The fourth-order valence-corrected chi connectivity index (χ4v) is 2.55. The zero-order valence-corrected chi connectivity index (χ0v) is 19.1. The van der Waals surface area contributed by atoms with E-state index in [0.717, 1.165) is 18.2 Å². The van der Waals surface area contributed by atoms with Crippen LogP contribution in [0, 0.1) is 5.82 Å². The Balaban J connectivity index is 0.00000212. The average Bonchev–Trinajstić information content (AvgIpc) is 2.76. The van der Waals surface area contributed by atoms with E-state index in [1.54, 1.807) is 0 Å². The highest BCUT2D eigenvalue weighted by molar-refractivity contribution is 8.03. The van der Waals surface area contributed by atoms with E-state index in [9.17, 15) is 22.4 Å². The van der Waals surface area contributed by atoms with E-state index in [1.807, 2.05) is 13.8 Å². The van der Waals surface area contributed by atoms with E-state index < -0.39 is 23.5 Å². The molecule has 2 rings (SSSR count). The third kappa shape index (κ3) is 9.63. The zero-order valence-electron chi connectivity index (χ0n) is 16.7. The molecule has 0 saturated carbocycles. The van der Waals surface area contributed by atoms with Gasteiger partial charge in [0.25, 0.3) is 5.91 Å². The molecular formula is C19H21BClF4NO3S2. The van der Waals surface area contributed by atoms with Gasteiger partial charge in [-0.2, -0.15) is 13.2 Å². The Hall–Kier alpha value is -1.56. The van der Waals surface area contributed by atoms with E-state index in [4.69, 9.17) is 20.9 Å². The van der Waals surface area contributed by atoms with Gasteiger partial charge in [0.05, 0.1) is 16.1 Å². The van der Waals surface area contributed by atoms with Crippen LogP contribution in [0.1, 0.15) is 35.3 Å². The highest BCUT2D eigenvalue weighted by Gasteiger charge is 2.31. The van der Waals surface area contributed by atoms with E-state index in [1.165, 1.54) is 18.2 Å². The molecule has 2 aromatic rings. The Morgan fingerprint density at radius 1 is 1.26 bits per heavy atom. The minimum absolute atomic E-state index is 0.0372. The van der Waals surface area contributed by atoms with Gasteiger partial charge in [0.1, 0.15) is 18.2 Å². The van der Waals surface area contributed by atoms with E-state index >= 15 is 0 Å². The molecule has 0 aliphatic heterocycles. The molecule has 0 aliphatic carbocycles. The van der Waals surface area contributed by atoms with Crippen molar-refractivity contribution in [2.75, 3.05) is 12.3 Å². The van der Waals surface area contributed by atoms with Gasteiger partial charge in [-0.3, -0.25) is 4.79 Å². The number of alkyl halides is 3. The largest absolute Gasteiger partial charge is 0.487 e. The minimum Gasteiger partial charge on any atom is -0.487 e. The van der Waals surface area contributed by atoms with E-state index in [0.29, 0.717) is 12.0 Å². The molecule has 2 aromatic carbocycles. The van der Waals surface area contributed by atoms with Crippen molar-refractivity contribution in [3.8, 4) is 5.75 Å². The first-order valence-electron chi connectivity index (χ1n) is 8.81. The molecule has 0 unspecified atom stereocenters. The van der Waals surface area contributed by atoms with Crippen LogP contribution in [0.2, 0.25) is 5.02 Å². The third-order valence-corrected chi connectivity index (χ3v) is 4.13. The summed E-state index contributed by atoms with van der Waals surface area (Å²) >= 11 is 9.36. The number of hydrogen-bond donors (Lipinski definition) is 3. The smallest absolute Gasteiger partial charge is 0.416 e. The molecule has 0 bridgehead atoms. The molecule has 0 saturated heterocycles. The second-order valence-corrected chi connectivity index (χ2v) is 6.37. The zero-order chi connectivity index (χ0) is 24.0. The molecule has 0 spiro atoms. The standard InChI is InChI=1S/C17H14ClF4NO3S.C2H6.BHS/c18-13-8-11(17(20,21)22)4-5-14(13)26-9-10-2-1-3-12(15(10)19)16(24)23-6-7-27-25;2*1-2/h1-5,8,25H,6-7,9H2,(H,23,24);1-2H3;2H. The maximum Gasteiger partial charge on any atom is 0.416 e. The number of benzene rings is 2. The monoisotopic (exact) mass is 497 g/mol. The summed E-state index contributed by atoms with van der Waals surface area (Å²) in [5.74, 6) is -1.26. The lowest BCUT2D eigenvalue weighted by molar-refractivity contribution is -0.137. The van der Waals surface area contributed by atoms with Gasteiger partial charge >= 0.3 is 6.18 Å².